The third-order valence-electron chi connectivity index (χ3n) is 5.97. The number of ether oxygens (including phenoxy) is 4. The quantitative estimate of drug-likeness (QED) is 0.366. The number of benzene rings is 2. The second kappa shape index (κ2) is 13.7. The number of hydrogen-bond acceptors (Lipinski definition) is 9. The second-order valence-corrected chi connectivity index (χ2v) is 13.6. The number of carbonyl (C=O) groups is 3. The molecule has 10 nitrogen and oxygen atoms in total. The average Bonchev–Trinajstić information content (AvgIpc) is 3.03. The summed E-state index contributed by atoms with van der Waals surface area (Å²) in [7, 11) is 0. The van der Waals surface area contributed by atoms with Crippen molar-refractivity contribution in [1.82, 2.24) is 10.4 Å². The minimum Gasteiger partial charge on any atom is -0.488 e. The lowest BCUT2D eigenvalue weighted by atomic mass is 10.1. The molecule has 10 heteroatoms. The van der Waals surface area contributed by atoms with E-state index < -0.39 is 29.9 Å². The molecule has 2 atom stereocenters. The van der Waals surface area contributed by atoms with Crippen molar-refractivity contribution in [2.24, 2.45) is 0 Å². The number of rotatable bonds is 7. The third kappa shape index (κ3) is 11.8. The maximum atomic E-state index is 13.3. The second-order valence-electron chi connectivity index (χ2n) is 13.6. The van der Waals surface area contributed by atoms with E-state index in [2.05, 4.69) is 5.32 Å². The first-order valence-electron chi connectivity index (χ1n) is 14.6. The van der Waals surface area contributed by atoms with Gasteiger partial charge in [0.15, 0.2) is 0 Å². The maximum Gasteiger partial charge on any atom is 0.528 e. The first kappa shape index (κ1) is 33.7. The summed E-state index contributed by atoms with van der Waals surface area (Å²) in [6.45, 7) is 17.4. The van der Waals surface area contributed by atoms with Gasteiger partial charge < -0.3 is 29.1 Å². The highest BCUT2D eigenvalue weighted by atomic mass is 16.8. The maximum absolute atomic E-state index is 13.3. The Bertz CT molecular complexity index is 1240. The Labute approximate surface area is 254 Å². The molecule has 0 radical (unpaired) electrons. The minimum absolute atomic E-state index is 0.0898. The van der Waals surface area contributed by atoms with Crippen LogP contribution in [-0.4, -0.2) is 65.1 Å². The van der Waals surface area contributed by atoms with Crippen LogP contribution in [0.4, 0.5) is 4.79 Å². The van der Waals surface area contributed by atoms with Gasteiger partial charge in [-0.1, -0.05) is 0 Å². The Balaban J connectivity index is 1.77. The summed E-state index contributed by atoms with van der Waals surface area (Å²) in [6, 6.07) is 12.9. The fourth-order valence-electron chi connectivity index (χ4n) is 4.33. The molecular formula is C33H46N2O8. The lowest BCUT2D eigenvalue weighted by Crippen LogP contribution is -2.50. The lowest BCUT2D eigenvalue weighted by Gasteiger charge is -2.29. The van der Waals surface area contributed by atoms with Gasteiger partial charge in [-0.15, -0.1) is 5.06 Å². The fourth-order valence-corrected chi connectivity index (χ4v) is 4.33. The molecule has 3 rings (SSSR count). The number of hydrogen-bond donors (Lipinski definition) is 1. The minimum atomic E-state index is -0.847. The molecular weight excluding hydrogens is 552 g/mol. The van der Waals surface area contributed by atoms with E-state index in [0.717, 1.165) is 0 Å². The molecule has 43 heavy (non-hydrogen) atoms. The van der Waals surface area contributed by atoms with E-state index in [9.17, 15) is 14.4 Å². The molecule has 0 saturated carbocycles. The molecule has 0 unspecified atom stereocenters. The van der Waals surface area contributed by atoms with Gasteiger partial charge in [0.2, 0.25) is 0 Å². The first-order chi connectivity index (χ1) is 19.9. The van der Waals surface area contributed by atoms with Crippen molar-refractivity contribution >= 4 is 18.0 Å². The zero-order valence-corrected chi connectivity index (χ0v) is 26.8. The SMILES string of the molecule is CC(C)(C)OC(=O)ON1CCC[C@@H](OC(=O)c2ccc(OC(C)(C)C)cc2)[C@H](NC(=O)c2ccc(OC(C)(C)C)cc2)C1. The number of amides is 1. The van der Waals surface area contributed by atoms with Crippen LogP contribution in [0.5, 0.6) is 11.5 Å². The van der Waals surface area contributed by atoms with Crippen molar-refractivity contribution in [2.45, 2.75) is 104 Å². The van der Waals surface area contributed by atoms with Crippen LogP contribution in [0, 0.1) is 0 Å². The molecule has 1 N–H and O–H groups in total. The highest BCUT2D eigenvalue weighted by molar-refractivity contribution is 5.94. The Morgan fingerprint density at radius 2 is 1.26 bits per heavy atom. The van der Waals surface area contributed by atoms with Gasteiger partial charge in [0.25, 0.3) is 5.91 Å². The predicted octanol–water partition coefficient (Wildman–Crippen LogP) is 6.33. The molecule has 1 aliphatic heterocycles. The normalized spacial score (nSPS) is 18.2. The zero-order valence-electron chi connectivity index (χ0n) is 26.8. The number of carbonyl (C=O) groups excluding carboxylic acids is 3. The Morgan fingerprint density at radius 3 is 1.74 bits per heavy atom. The number of nitrogens with one attached hydrogen (secondary N) is 1. The van der Waals surface area contributed by atoms with Crippen LogP contribution in [0.2, 0.25) is 0 Å². The van der Waals surface area contributed by atoms with E-state index in [4.69, 9.17) is 23.8 Å². The molecule has 2 aromatic carbocycles. The van der Waals surface area contributed by atoms with Gasteiger partial charge >= 0.3 is 12.1 Å². The van der Waals surface area contributed by atoms with Crippen LogP contribution < -0.4 is 14.8 Å². The standard InChI is InChI=1S/C33H46N2O8/c1-31(2,3)40-24-16-12-22(13-17-24)28(36)34-26-21-35(43-30(38)42-33(7,8)9)20-10-11-27(26)39-29(37)23-14-18-25(19-15-23)41-32(4,5)6/h12-19,26-27H,10-11,20-21H2,1-9H3,(H,34,36)/t26-,27-/m1/s1. The molecule has 0 spiro atoms. The van der Waals surface area contributed by atoms with Crippen LogP contribution in [0.25, 0.3) is 0 Å². The van der Waals surface area contributed by atoms with Crippen LogP contribution in [0.3, 0.4) is 0 Å². The van der Waals surface area contributed by atoms with Gasteiger partial charge in [0.1, 0.15) is 34.4 Å². The van der Waals surface area contributed by atoms with Crippen LogP contribution >= 0.6 is 0 Å². The van der Waals surface area contributed by atoms with E-state index in [1.807, 2.05) is 41.5 Å². The molecule has 0 aliphatic carbocycles. The summed E-state index contributed by atoms with van der Waals surface area (Å²) in [6.07, 6.45) is -0.545. The van der Waals surface area contributed by atoms with E-state index >= 15 is 0 Å². The molecule has 1 heterocycles. The summed E-state index contributed by atoms with van der Waals surface area (Å²) in [5.74, 6) is 0.381. The number of nitrogens with zero attached hydrogens (tertiary/aromatic N) is 1. The van der Waals surface area contributed by atoms with E-state index in [1.54, 1.807) is 69.3 Å². The van der Waals surface area contributed by atoms with Crippen molar-refractivity contribution in [3.63, 3.8) is 0 Å². The van der Waals surface area contributed by atoms with Gasteiger partial charge in [0, 0.05) is 12.1 Å². The summed E-state index contributed by atoms with van der Waals surface area (Å²) in [5, 5.41) is 4.42. The lowest BCUT2D eigenvalue weighted by molar-refractivity contribution is -0.144. The molecule has 0 bridgehead atoms. The number of esters is 1. The van der Waals surface area contributed by atoms with Crippen molar-refractivity contribution in [1.29, 1.82) is 0 Å². The van der Waals surface area contributed by atoms with Crippen molar-refractivity contribution < 1.29 is 38.2 Å². The number of hydroxylamine groups is 2. The van der Waals surface area contributed by atoms with Gasteiger partial charge in [-0.3, -0.25) is 4.79 Å². The molecule has 1 saturated heterocycles. The molecule has 1 aliphatic rings. The largest absolute Gasteiger partial charge is 0.528 e. The Morgan fingerprint density at radius 1 is 0.744 bits per heavy atom. The van der Waals surface area contributed by atoms with Crippen molar-refractivity contribution in [3.05, 3.63) is 59.7 Å². The summed E-state index contributed by atoms with van der Waals surface area (Å²) < 4.78 is 23.0. The van der Waals surface area contributed by atoms with E-state index in [1.165, 1.54) is 5.06 Å². The zero-order chi connectivity index (χ0) is 32.0. The van der Waals surface area contributed by atoms with E-state index in [-0.39, 0.29) is 23.7 Å². The predicted molar refractivity (Wildman–Crippen MR) is 162 cm³/mol. The monoisotopic (exact) mass is 598 g/mol. The van der Waals surface area contributed by atoms with Crippen LogP contribution in [-0.2, 0) is 14.3 Å². The Kier molecular flexibility index (Phi) is 10.7. The summed E-state index contributed by atoms with van der Waals surface area (Å²) >= 11 is 0. The van der Waals surface area contributed by atoms with Gasteiger partial charge in [-0.25, -0.2) is 9.59 Å². The molecule has 0 aromatic heterocycles. The highest BCUT2D eigenvalue weighted by Crippen LogP contribution is 2.23. The average molecular weight is 599 g/mol. The topological polar surface area (TPSA) is 113 Å². The fraction of sp³-hybridized carbons (Fsp3) is 0.545. The smallest absolute Gasteiger partial charge is 0.488 e. The van der Waals surface area contributed by atoms with Crippen molar-refractivity contribution in [2.75, 3.05) is 13.1 Å². The van der Waals surface area contributed by atoms with Gasteiger partial charge in [0.05, 0.1) is 18.2 Å². The third-order valence-corrected chi connectivity index (χ3v) is 5.97. The van der Waals surface area contributed by atoms with Crippen molar-refractivity contribution in [3.8, 4) is 11.5 Å². The summed E-state index contributed by atoms with van der Waals surface area (Å²) in [4.78, 5) is 44.4. The molecule has 1 fully saturated rings. The van der Waals surface area contributed by atoms with Crippen LogP contribution in [0.15, 0.2) is 48.5 Å². The van der Waals surface area contributed by atoms with Gasteiger partial charge in [-0.05, 0) is 124 Å². The van der Waals surface area contributed by atoms with Gasteiger partial charge in [-0.2, -0.15) is 0 Å². The van der Waals surface area contributed by atoms with E-state index in [0.29, 0.717) is 42.0 Å². The molecule has 2 aromatic rings. The molecule has 236 valence electrons. The Hall–Kier alpha value is -3.79. The highest BCUT2D eigenvalue weighted by Gasteiger charge is 2.34. The van der Waals surface area contributed by atoms with Crippen LogP contribution in [0.1, 0.15) is 95.9 Å². The first-order valence-corrected chi connectivity index (χ1v) is 14.6. The molecule has 1 amide bonds. The summed E-state index contributed by atoms with van der Waals surface area (Å²) in [5.41, 5.74) is -0.721.